The van der Waals surface area contributed by atoms with E-state index in [0.717, 1.165) is 52.2 Å². The molecule has 5 rings (SSSR count). The van der Waals surface area contributed by atoms with Crippen LogP contribution in [-0.2, 0) is 0 Å². The van der Waals surface area contributed by atoms with Crippen molar-refractivity contribution in [2.45, 2.75) is 39.7 Å². The van der Waals surface area contributed by atoms with Crippen LogP contribution < -0.4 is 4.90 Å². The van der Waals surface area contributed by atoms with E-state index in [1.165, 1.54) is 25.1 Å². The molecule has 4 aromatic rings. The summed E-state index contributed by atoms with van der Waals surface area (Å²) in [5, 5.41) is 8.62. The number of aromatic amines is 1. The first-order chi connectivity index (χ1) is 16.5. The zero-order chi connectivity index (χ0) is 23.7. The molecule has 176 valence electrons. The molecule has 1 aliphatic heterocycles. The van der Waals surface area contributed by atoms with Gasteiger partial charge >= 0.3 is 0 Å². The molecule has 34 heavy (non-hydrogen) atoms. The highest BCUT2D eigenvalue weighted by Crippen LogP contribution is 2.32. The molecule has 0 spiro atoms. The number of anilines is 1. The third kappa shape index (κ3) is 4.68. The number of nitrogens with zero attached hydrogens (tertiary/aromatic N) is 5. The largest absolute Gasteiger partial charge is 0.370 e. The van der Waals surface area contributed by atoms with Gasteiger partial charge < -0.3 is 9.80 Å². The van der Waals surface area contributed by atoms with Crippen LogP contribution in [0.1, 0.15) is 32.4 Å². The number of nitrogens with one attached hydrogen (secondary N) is 1. The predicted molar refractivity (Wildman–Crippen MR) is 140 cm³/mol. The SMILES string of the molecule is Cc1cccc(-c2[nH]ncc2-c2ccc3ncc(N4CCC(N(C)CC(C)C)CC4)cc3c2)n1. The number of fused-ring (bicyclic) bond motifs is 1. The van der Waals surface area contributed by atoms with E-state index in [0.29, 0.717) is 12.0 Å². The number of H-pyrrole nitrogens is 1. The molecule has 1 aliphatic rings. The van der Waals surface area contributed by atoms with Crippen LogP contribution >= 0.6 is 0 Å². The van der Waals surface area contributed by atoms with Crippen molar-refractivity contribution in [1.29, 1.82) is 0 Å². The Morgan fingerprint density at radius 2 is 1.91 bits per heavy atom. The Labute approximate surface area is 202 Å². The highest BCUT2D eigenvalue weighted by atomic mass is 15.2. The third-order valence-corrected chi connectivity index (χ3v) is 6.87. The van der Waals surface area contributed by atoms with Crippen LogP contribution in [-0.4, -0.2) is 57.8 Å². The zero-order valence-corrected chi connectivity index (χ0v) is 20.6. The number of aromatic nitrogens is 4. The first-order valence-electron chi connectivity index (χ1n) is 12.3. The molecular weight excluding hydrogens is 420 g/mol. The second kappa shape index (κ2) is 9.55. The summed E-state index contributed by atoms with van der Waals surface area (Å²) in [5.41, 5.74) is 7.24. The summed E-state index contributed by atoms with van der Waals surface area (Å²) in [6.45, 7) is 9.91. The van der Waals surface area contributed by atoms with Crippen molar-refractivity contribution >= 4 is 16.6 Å². The molecule has 1 saturated heterocycles. The summed E-state index contributed by atoms with van der Waals surface area (Å²) in [5.74, 6) is 0.708. The zero-order valence-electron chi connectivity index (χ0n) is 20.6. The molecule has 4 heterocycles. The molecular formula is C28H34N6. The molecule has 3 aromatic heterocycles. The molecule has 0 aliphatic carbocycles. The average Bonchev–Trinajstić information content (AvgIpc) is 3.33. The molecule has 0 radical (unpaired) electrons. The summed E-state index contributed by atoms with van der Waals surface area (Å²) in [4.78, 5) is 14.5. The lowest BCUT2D eigenvalue weighted by molar-refractivity contribution is 0.188. The van der Waals surface area contributed by atoms with Crippen LogP contribution in [0.5, 0.6) is 0 Å². The normalized spacial score (nSPS) is 15.1. The Morgan fingerprint density at radius 3 is 2.68 bits per heavy atom. The van der Waals surface area contributed by atoms with E-state index in [-0.39, 0.29) is 0 Å². The summed E-state index contributed by atoms with van der Waals surface area (Å²) in [6, 6.07) is 15.5. The van der Waals surface area contributed by atoms with Gasteiger partial charge in [0.25, 0.3) is 0 Å². The fourth-order valence-electron chi connectivity index (χ4n) is 5.13. The molecule has 6 nitrogen and oxygen atoms in total. The van der Waals surface area contributed by atoms with Crippen LogP contribution in [0.25, 0.3) is 33.4 Å². The maximum atomic E-state index is 4.78. The molecule has 6 heteroatoms. The minimum atomic E-state index is 0.674. The average molecular weight is 455 g/mol. The van der Waals surface area contributed by atoms with Crippen molar-refractivity contribution in [1.82, 2.24) is 25.1 Å². The smallest absolute Gasteiger partial charge is 0.0912 e. The number of piperidine rings is 1. The van der Waals surface area contributed by atoms with Crippen LogP contribution in [0.15, 0.2) is 54.9 Å². The highest BCUT2D eigenvalue weighted by molar-refractivity contribution is 5.89. The Kier molecular flexibility index (Phi) is 6.33. The fourth-order valence-corrected chi connectivity index (χ4v) is 5.13. The van der Waals surface area contributed by atoms with Gasteiger partial charge in [-0.2, -0.15) is 5.10 Å². The summed E-state index contributed by atoms with van der Waals surface area (Å²) < 4.78 is 0. The van der Waals surface area contributed by atoms with E-state index < -0.39 is 0 Å². The van der Waals surface area contributed by atoms with E-state index in [1.807, 2.05) is 37.5 Å². The van der Waals surface area contributed by atoms with Gasteiger partial charge in [-0.05, 0) is 68.6 Å². The summed E-state index contributed by atoms with van der Waals surface area (Å²) in [6.07, 6.45) is 6.31. The van der Waals surface area contributed by atoms with Gasteiger partial charge in [0.1, 0.15) is 0 Å². The van der Waals surface area contributed by atoms with Gasteiger partial charge in [-0.15, -0.1) is 0 Å². The standard InChI is InChI=1S/C28H34N6/c1-19(2)18-33(4)23-10-12-34(13-11-23)24-15-22-14-21(8-9-26(22)29-16-24)25-17-30-32-28(25)27-7-5-6-20(3)31-27/h5-9,14-17,19,23H,10-13,18H2,1-4H3,(H,30,32). The van der Waals surface area contributed by atoms with Crippen molar-refractivity contribution < 1.29 is 0 Å². The lowest BCUT2D eigenvalue weighted by Crippen LogP contribution is -2.44. The molecule has 0 saturated carbocycles. The van der Waals surface area contributed by atoms with Gasteiger partial charge in [-0.25, -0.2) is 0 Å². The topological polar surface area (TPSA) is 60.9 Å². The number of aryl methyl sites for hydroxylation is 1. The Morgan fingerprint density at radius 1 is 1.09 bits per heavy atom. The minimum absolute atomic E-state index is 0.674. The number of hydrogen-bond acceptors (Lipinski definition) is 5. The Bertz CT molecular complexity index is 1270. The lowest BCUT2D eigenvalue weighted by Gasteiger charge is -2.38. The number of benzene rings is 1. The van der Waals surface area contributed by atoms with Gasteiger partial charge in [0.15, 0.2) is 0 Å². The van der Waals surface area contributed by atoms with Gasteiger partial charge in [0.2, 0.25) is 0 Å². The van der Waals surface area contributed by atoms with Crippen LogP contribution in [0.2, 0.25) is 0 Å². The fraction of sp³-hybridized carbons (Fsp3) is 0.393. The Balaban J connectivity index is 1.38. The second-order valence-corrected chi connectivity index (χ2v) is 9.98. The van der Waals surface area contributed by atoms with Crippen LogP contribution in [0, 0.1) is 12.8 Å². The number of rotatable bonds is 6. The lowest BCUT2D eigenvalue weighted by atomic mass is 10.0. The van der Waals surface area contributed by atoms with Crippen molar-refractivity contribution in [3.05, 3.63) is 60.6 Å². The molecule has 0 unspecified atom stereocenters. The summed E-state index contributed by atoms with van der Waals surface area (Å²) in [7, 11) is 2.27. The van der Waals surface area contributed by atoms with Crippen LogP contribution in [0.3, 0.4) is 0 Å². The first-order valence-corrected chi connectivity index (χ1v) is 12.3. The van der Waals surface area contributed by atoms with E-state index >= 15 is 0 Å². The molecule has 0 bridgehead atoms. The van der Waals surface area contributed by atoms with Crippen molar-refractivity contribution in [2.75, 3.05) is 31.6 Å². The van der Waals surface area contributed by atoms with Gasteiger partial charge in [-0.1, -0.05) is 26.0 Å². The predicted octanol–water partition coefficient (Wildman–Crippen LogP) is 5.55. The van der Waals surface area contributed by atoms with E-state index in [1.54, 1.807) is 0 Å². The van der Waals surface area contributed by atoms with Crippen LogP contribution in [0.4, 0.5) is 5.69 Å². The maximum absolute atomic E-state index is 4.78. The first kappa shape index (κ1) is 22.5. The molecule has 1 aromatic carbocycles. The van der Waals surface area contributed by atoms with E-state index in [9.17, 15) is 0 Å². The highest BCUT2D eigenvalue weighted by Gasteiger charge is 2.23. The van der Waals surface area contributed by atoms with Crippen molar-refractivity contribution in [3.8, 4) is 22.5 Å². The molecule has 1 N–H and O–H groups in total. The molecule has 0 atom stereocenters. The molecule has 1 fully saturated rings. The van der Waals surface area contributed by atoms with Gasteiger partial charge in [0, 0.05) is 42.3 Å². The molecule has 0 amide bonds. The minimum Gasteiger partial charge on any atom is -0.370 e. The van der Waals surface area contributed by atoms with Gasteiger partial charge in [0.05, 0.1) is 35.0 Å². The maximum Gasteiger partial charge on any atom is 0.0912 e. The second-order valence-electron chi connectivity index (χ2n) is 9.98. The third-order valence-electron chi connectivity index (χ3n) is 6.87. The quantitative estimate of drug-likeness (QED) is 0.414. The number of pyridine rings is 2. The number of hydrogen-bond donors (Lipinski definition) is 1. The van der Waals surface area contributed by atoms with E-state index in [2.05, 4.69) is 70.1 Å². The Hall–Kier alpha value is -3.25. The van der Waals surface area contributed by atoms with Gasteiger partial charge in [-0.3, -0.25) is 15.1 Å². The monoisotopic (exact) mass is 454 g/mol. The van der Waals surface area contributed by atoms with E-state index in [4.69, 9.17) is 4.98 Å². The summed E-state index contributed by atoms with van der Waals surface area (Å²) >= 11 is 0. The van der Waals surface area contributed by atoms with Crippen molar-refractivity contribution in [3.63, 3.8) is 0 Å². The van der Waals surface area contributed by atoms with Crippen molar-refractivity contribution in [2.24, 2.45) is 5.92 Å².